The summed E-state index contributed by atoms with van der Waals surface area (Å²) in [4.78, 5) is 11.1. The Kier molecular flexibility index (Phi) is 3.87. The van der Waals surface area contributed by atoms with Crippen molar-refractivity contribution in [1.82, 2.24) is 0 Å². The first-order valence-corrected chi connectivity index (χ1v) is 6.75. The van der Waals surface area contributed by atoms with Crippen LogP contribution in [0.3, 0.4) is 0 Å². The van der Waals surface area contributed by atoms with Crippen molar-refractivity contribution in [3.63, 3.8) is 0 Å². The van der Waals surface area contributed by atoms with Crippen LogP contribution in [0.4, 0.5) is 13.2 Å². The maximum Gasteiger partial charge on any atom is 0.534 e. The molecule has 0 radical (unpaired) electrons. The second kappa shape index (κ2) is 4.62. The van der Waals surface area contributed by atoms with Gasteiger partial charge in [-0.25, -0.2) is 4.79 Å². The van der Waals surface area contributed by atoms with E-state index in [1.165, 1.54) is 13.8 Å². The summed E-state index contributed by atoms with van der Waals surface area (Å²) in [7, 11) is -5.84. The third-order valence-corrected chi connectivity index (χ3v) is 3.46. The first-order valence-electron chi connectivity index (χ1n) is 5.35. The fraction of sp³-hybridized carbons (Fsp3) is 0.700. The highest BCUT2D eigenvalue weighted by atomic mass is 32.2. The minimum absolute atomic E-state index is 0.622. The highest BCUT2D eigenvalue weighted by molar-refractivity contribution is 7.87. The van der Waals surface area contributed by atoms with Gasteiger partial charge in [0.25, 0.3) is 0 Å². The first-order chi connectivity index (χ1) is 8.69. The fourth-order valence-corrected chi connectivity index (χ4v) is 2.26. The molecule has 0 amide bonds. The fourth-order valence-electron chi connectivity index (χ4n) is 1.78. The van der Waals surface area contributed by atoms with Crippen LogP contribution >= 0.6 is 0 Å². The summed E-state index contributed by atoms with van der Waals surface area (Å²) in [5, 5.41) is 9.03. The zero-order chi connectivity index (χ0) is 16.0. The Labute approximate surface area is 113 Å². The summed E-state index contributed by atoms with van der Waals surface area (Å²) >= 11 is 0. The molecule has 0 aromatic rings. The monoisotopic (exact) mass is 318 g/mol. The van der Waals surface area contributed by atoms with Gasteiger partial charge in [0.1, 0.15) is 5.76 Å². The lowest BCUT2D eigenvalue weighted by Crippen LogP contribution is -2.48. The van der Waals surface area contributed by atoms with Gasteiger partial charge in [-0.1, -0.05) is 0 Å². The summed E-state index contributed by atoms with van der Waals surface area (Å²) in [5.41, 5.74) is -8.76. The molecular formula is C10H13F3O6S. The molecule has 116 valence electrons. The normalized spacial score (nSPS) is 26.8. The quantitative estimate of drug-likeness (QED) is 0.630. The van der Waals surface area contributed by atoms with E-state index in [4.69, 9.17) is 9.84 Å². The largest absolute Gasteiger partial charge is 0.534 e. The van der Waals surface area contributed by atoms with Crippen LogP contribution in [0, 0.1) is 0 Å². The molecule has 1 aliphatic rings. The van der Waals surface area contributed by atoms with E-state index < -0.39 is 45.0 Å². The highest BCUT2D eigenvalue weighted by Crippen LogP contribution is 2.37. The van der Waals surface area contributed by atoms with Crippen molar-refractivity contribution in [2.45, 2.75) is 43.9 Å². The molecule has 0 fully saturated rings. The van der Waals surface area contributed by atoms with Crippen molar-refractivity contribution < 1.29 is 40.4 Å². The van der Waals surface area contributed by atoms with Crippen LogP contribution in [0.5, 0.6) is 0 Å². The topological polar surface area (TPSA) is 89.9 Å². The van der Waals surface area contributed by atoms with Crippen LogP contribution in [0.2, 0.25) is 0 Å². The predicted molar refractivity (Wildman–Crippen MR) is 60.0 cm³/mol. The van der Waals surface area contributed by atoms with E-state index in [0.29, 0.717) is 0 Å². The van der Waals surface area contributed by atoms with Crippen molar-refractivity contribution in [2.24, 2.45) is 0 Å². The van der Waals surface area contributed by atoms with E-state index in [-0.39, 0.29) is 0 Å². The van der Waals surface area contributed by atoms with Crippen LogP contribution < -0.4 is 0 Å². The number of halogens is 3. The van der Waals surface area contributed by atoms with Crippen LogP contribution in [0.25, 0.3) is 0 Å². The molecule has 6 nitrogen and oxygen atoms in total. The molecule has 0 aromatic heterocycles. The van der Waals surface area contributed by atoms with Crippen LogP contribution in [0.1, 0.15) is 27.2 Å². The standard InChI is InChI=1S/C10H13F3O6S/c1-8(2)4-6(5-9(3,19-8)7(14)15)18-20(16,17)10(11,12)13/h4H,5H2,1-3H3,(H,14,15). The SMILES string of the molecule is CC1(C)C=C(OS(=O)(=O)C(F)(F)F)CC(C)(C(=O)O)O1. The first kappa shape index (κ1) is 16.8. The molecule has 1 heterocycles. The van der Waals surface area contributed by atoms with Gasteiger partial charge in [0.05, 0.1) is 5.60 Å². The van der Waals surface area contributed by atoms with Gasteiger partial charge in [0, 0.05) is 6.42 Å². The van der Waals surface area contributed by atoms with Gasteiger partial charge in [0.2, 0.25) is 0 Å². The third kappa shape index (κ3) is 3.42. The Morgan fingerprint density at radius 3 is 2.30 bits per heavy atom. The van der Waals surface area contributed by atoms with E-state index in [1.807, 2.05) is 0 Å². The summed E-state index contributed by atoms with van der Waals surface area (Å²) in [6.45, 7) is 3.86. The molecular weight excluding hydrogens is 305 g/mol. The molecule has 0 aliphatic carbocycles. The summed E-state index contributed by atoms with van der Waals surface area (Å²) in [5.74, 6) is -2.06. The average Bonchev–Trinajstić information content (AvgIpc) is 2.10. The molecule has 0 aromatic carbocycles. The molecule has 0 saturated heterocycles. The maximum absolute atomic E-state index is 12.2. The smallest absolute Gasteiger partial charge is 0.479 e. The zero-order valence-corrected chi connectivity index (χ0v) is 11.6. The molecule has 1 aliphatic heterocycles. The van der Waals surface area contributed by atoms with Gasteiger partial charge in [-0.3, -0.25) is 0 Å². The highest BCUT2D eigenvalue weighted by Gasteiger charge is 2.51. The number of ether oxygens (including phenoxy) is 1. The zero-order valence-electron chi connectivity index (χ0n) is 10.8. The predicted octanol–water partition coefficient (Wildman–Crippen LogP) is 1.78. The molecule has 1 N–H and O–H groups in total. The number of rotatable bonds is 3. The number of alkyl halides is 3. The Balaban J connectivity index is 3.14. The van der Waals surface area contributed by atoms with Crippen LogP contribution in [0.15, 0.2) is 11.8 Å². The molecule has 1 rings (SSSR count). The lowest BCUT2D eigenvalue weighted by molar-refractivity contribution is -0.181. The summed E-state index contributed by atoms with van der Waals surface area (Å²) < 4.78 is 67.8. The van der Waals surface area contributed by atoms with Crippen molar-refractivity contribution in [3.8, 4) is 0 Å². The van der Waals surface area contributed by atoms with Gasteiger partial charge < -0.3 is 14.0 Å². The van der Waals surface area contributed by atoms with Crippen molar-refractivity contribution in [1.29, 1.82) is 0 Å². The van der Waals surface area contributed by atoms with Gasteiger partial charge >= 0.3 is 21.6 Å². The van der Waals surface area contributed by atoms with E-state index in [0.717, 1.165) is 13.0 Å². The molecule has 0 bridgehead atoms. The summed E-state index contributed by atoms with van der Waals surface area (Å²) in [6.07, 6.45) is 0.363. The molecule has 1 atom stereocenters. The van der Waals surface area contributed by atoms with E-state index in [2.05, 4.69) is 4.18 Å². The van der Waals surface area contributed by atoms with Crippen LogP contribution in [-0.2, 0) is 23.8 Å². The number of carbonyl (C=O) groups is 1. The summed E-state index contributed by atoms with van der Waals surface area (Å²) in [6, 6.07) is 0. The number of aliphatic carboxylic acids is 1. The molecule has 0 saturated carbocycles. The van der Waals surface area contributed by atoms with Gasteiger partial charge in [-0.05, 0) is 26.8 Å². The van der Waals surface area contributed by atoms with Gasteiger partial charge in [0.15, 0.2) is 5.60 Å². The number of hydrogen-bond acceptors (Lipinski definition) is 5. The van der Waals surface area contributed by atoms with Crippen LogP contribution in [-0.4, -0.2) is 36.2 Å². The van der Waals surface area contributed by atoms with Crippen molar-refractivity contribution >= 4 is 16.1 Å². The minimum atomic E-state index is -5.84. The number of carboxylic acids is 1. The molecule has 0 spiro atoms. The molecule has 10 heteroatoms. The number of carboxylic acid groups (broad SMARTS) is 1. The van der Waals surface area contributed by atoms with Crippen molar-refractivity contribution in [3.05, 3.63) is 11.8 Å². The maximum atomic E-state index is 12.2. The van der Waals surface area contributed by atoms with Crippen molar-refractivity contribution in [2.75, 3.05) is 0 Å². The van der Waals surface area contributed by atoms with E-state index in [1.54, 1.807) is 0 Å². The minimum Gasteiger partial charge on any atom is -0.479 e. The van der Waals surface area contributed by atoms with E-state index in [9.17, 15) is 26.4 Å². The van der Waals surface area contributed by atoms with E-state index >= 15 is 0 Å². The van der Waals surface area contributed by atoms with Gasteiger partial charge in [-0.15, -0.1) is 0 Å². The Morgan fingerprint density at radius 2 is 1.90 bits per heavy atom. The second-order valence-corrected chi connectivity index (χ2v) is 6.55. The Bertz CT molecular complexity index is 548. The average molecular weight is 318 g/mol. The number of hydrogen-bond donors (Lipinski definition) is 1. The molecule has 20 heavy (non-hydrogen) atoms. The Hall–Kier alpha value is -1.29. The van der Waals surface area contributed by atoms with Gasteiger partial charge in [-0.2, -0.15) is 21.6 Å². The Morgan fingerprint density at radius 1 is 1.40 bits per heavy atom. The lowest BCUT2D eigenvalue weighted by Gasteiger charge is -2.38. The lowest BCUT2D eigenvalue weighted by atomic mass is 9.93. The molecule has 1 unspecified atom stereocenters. The third-order valence-electron chi connectivity index (χ3n) is 2.46. The second-order valence-electron chi connectivity index (χ2n) is 5.01.